The highest BCUT2D eigenvalue weighted by Gasteiger charge is 2.27. The maximum absolute atomic E-state index is 12.1. The van der Waals surface area contributed by atoms with Crippen molar-refractivity contribution in [3.63, 3.8) is 0 Å². The van der Waals surface area contributed by atoms with Crippen molar-refractivity contribution in [3.8, 4) is 0 Å². The molecule has 2 heterocycles. The second-order valence-electron chi connectivity index (χ2n) is 6.98. The average Bonchev–Trinajstić information content (AvgIpc) is 3.12. The second-order valence-corrected chi connectivity index (χ2v) is 6.98. The lowest BCUT2D eigenvalue weighted by molar-refractivity contribution is -0.133. The molecule has 0 bridgehead atoms. The van der Waals surface area contributed by atoms with E-state index in [1.807, 2.05) is 49.2 Å². The SMILES string of the molecule is CN=C(NCc1ccnc2ccccc12)NC1CCN(C(=O)C(C)C)C1. The number of hydrogen-bond acceptors (Lipinski definition) is 3. The topological polar surface area (TPSA) is 69.6 Å². The summed E-state index contributed by atoms with van der Waals surface area (Å²) in [5.74, 6) is 1.03. The monoisotopic (exact) mass is 353 g/mol. The maximum atomic E-state index is 12.1. The first-order chi connectivity index (χ1) is 12.6. The van der Waals surface area contributed by atoms with E-state index in [0.29, 0.717) is 6.54 Å². The van der Waals surface area contributed by atoms with Crippen molar-refractivity contribution in [3.05, 3.63) is 42.1 Å². The molecule has 1 saturated heterocycles. The van der Waals surface area contributed by atoms with E-state index in [1.165, 1.54) is 5.56 Å². The van der Waals surface area contributed by atoms with Crippen LogP contribution in [0.5, 0.6) is 0 Å². The fourth-order valence-electron chi connectivity index (χ4n) is 3.32. The third-order valence-electron chi connectivity index (χ3n) is 4.74. The van der Waals surface area contributed by atoms with E-state index in [2.05, 4.69) is 26.7 Å². The Morgan fingerprint density at radius 2 is 2.15 bits per heavy atom. The smallest absolute Gasteiger partial charge is 0.225 e. The predicted octanol–water partition coefficient (Wildman–Crippen LogP) is 2.16. The van der Waals surface area contributed by atoms with Crippen LogP contribution in [0.4, 0.5) is 0 Å². The van der Waals surface area contributed by atoms with Gasteiger partial charge in [0.15, 0.2) is 5.96 Å². The van der Waals surface area contributed by atoms with Gasteiger partial charge in [-0.2, -0.15) is 0 Å². The Balaban J connectivity index is 1.58. The summed E-state index contributed by atoms with van der Waals surface area (Å²) in [7, 11) is 1.77. The molecule has 1 aromatic heterocycles. The van der Waals surface area contributed by atoms with Gasteiger partial charge in [-0.05, 0) is 24.1 Å². The highest BCUT2D eigenvalue weighted by atomic mass is 16.2. The molecule has 2 aromatic rings. The Labute approximate surface area is 154 Å². The van der Waals surface area contributed by atoms with Crippen molar-refractivity contribution in [1.82, 2.24) is 20.5 Å². The zero-order valence-electron chi connectivity index (χ0n) is 15.7. The number of benzene rings is 1. The Kier molecular flexibility index (Phi) is 5.71. The van der Waals surface area contributed by atoms with Crippen molar-refractivity contribution < 1.29 is 4.79 Å². The van der Waals surface area contributed by atoms with Crippen LogP contribution in [0.2, 0.25) is 0 Å². The number of fused-ring (bicyclic) bond motifs is 1. The number of nitrogens with zero attached hydrogens (tertiary/aromatic N) is 3. The minimum absolute atomic E-state index is 0.0474. The number of aromatic nitrogens is 1. The van der Waals surface area contributed by atoms with Gasteiger partial charge in [0.1, 0.15) is 0 Å². The van der Waals surface area contributed by atoms with Gasteiger partial charge in [-0.15, -0.1) is 0 Å². The summed E-state index contributed by atoms with van der Waals surface area (Å²) in [6, 6.07) is 10.4. The number of guanidine groups is 1. The molecule has 2 N–H and O–H groups in total. The van der Waals surface area contributed by atoms with E-state index >= 15 is 0 Å². The van der Waals surface area contributed by atoms with Crippen molar-refractivity contribution >= 4 is 22.8 Å². The van der Waals surface area contributed by atoms with Crippen LogP contribution in [-0.2, 0) is 11.3 Å². The molecule has 1 aromatic carbocycles. The van der Waals surface area contributed by atoms with Gasteiger partial charge >= 0.3 is 0 Å². The predicted molar refractivity (Wildman–Crippen MR) is 105 cm³/mol. The van der Waals surface area contributed by atoms with E-state index in [-0.39, 0.29) is 17.9 Å². The first-order valence-electron chi connectivity index (χ1n) is 9.17. The Hall–Kier alpha value is -2.63. The molecule has 26 heavy (non-hydrogen) atoms. The summed E-state index contributed by atoms with van der Waals surface area (Å²) in [6.45, 7) is 6.10. The minimum atomic E-state index is 0.0474. The number of carbonyl (C=O) groups excluding carboxylic acids is 1. The van der Waals surface area contributed by atoms with Crippen molar-refractivity contribution in [2.45, 2.75) is 32.9 Å². The van der Waals surface area contributed by atoms with Crippen molar-refractivity contribution in [2.24, 2.45) is 10.9 Å². The zero-order valence-corrected chi connectivity index (χ0v) is 15.7. The lowest BCUT2D eigenvalue weighted by Crippen LogP contribution is -2.45. The molecule has 0 aliphatic carbocycles. The first kappa shape index (κ1) is 18.2. The summed E-state index contributed by atoms with van der Waals surface area (Å²) in [5, 5.41) is 7.96. The van der Waals surface area contributed by atoms with Gasteiger partial charge in [0.05, 0.1) is 5.52 Å². The van der Waals surface area contributed by atoms with Crippen molar-refractivity contribution in [1.29, 1.82) is 0 Å². The molecule has 1 aliphatic heterocycles. The third kappa shape index (κ3) is 4.12. The van der Waals surface area contributed by atoms with Crippen LogP contribution >= 0.6 is 0 Å². The number of para-hydroxylation sites is 1. The van der Waals surface area contributed by atoms with E-state index in [1.54, 1.807) is 7.05 Å². The zero-order chi connectivity index (χ0) is 18.5. The van der Waals surface area contributed by atoms with Crippen LogP contribution < -0.4 is 10.6 Å². The van der Waals surface area contributed by atoms with Crippen LogP contribution in [0.25, 0.3) is 10.9 Å². The summed E-state index contributed by atoms with van der Waals surface area (Å²) in [6.07, 6.45) is 2.78. The van der Waals surface area contributed by atoms with Gasteiger partial charge in [-0.25, -0.2) is 0 Å². The summed E-state index contributed by atoms with van der Waals surface area (Å²) in [5.41, 5.74) is 2.18. The van der Waals surface area contributed by atoms with E-state index < -0.39 is 0 Å². The third-order valence-corrected chi connectivity index (χ3v) is 4.74. The molecule has 6 heteroatoms. The molecule has 0 spiro atoms. The van der Waals surface area contributed by atoms with Gasteiger partial charge in [0, 0.05) is 50.2 Å². The standard InChI is InChI=1S/C20H27N5O/c1-14(2)19(26)25-11-9-16(13-25)24-20(21-3)23-12-15-8-10-22-18-7-5-4-6-17(15)18/h4-8,10,14,16H,9,11-13H2,1-3H3,(H2,21,23,24). The summed E-state index contributed by atoms with van der Waals surface area (Å²) in [4.78, 5) is 22.8. The molecule has 138 valence electrons. The quantitative estimate of drug-likeness (QED) is 0.653. The number of aliphatic imine (C=N–C) groups is 1. The lowest BCUT2D eigenvalue weighted by atomic mass is 10.1. The van der Waals surface area contributed by atoms with Crippen LogP contribution in [0, 0.1) is 5.92 Å². The fraction of sp³-hybridized carbons (Fsp3) is 0.450. The number of hydrogen-bond donors (Lipinski definition) is 2. The molecular weight excluding hydrogens is 326 g/mol. The first-order valence-corrected chi connectivity index (χ1v) is 9.17. The maximum Gasteiger partial charge on any atom is 0.225 e. The molecule has 1 fully saturated rings. The largest absolute Gasteiger partial charge is 0.352 e. The molecule has 1 amide bonds. The van der Waals surface area contributed by atoms with Crippen LogP contribution in [-0.4, -0.2) is 47.9 Å². The van der Waals surface area contributed by atoms with Gasteiger partial charge in [-0.3, -0.25) is 14.8 Å². The number of likely N-dealkylation sites (tertiary alicyclic amines) is 1. The van der Waals surface area contributed by atoms with Crippen molar-refractivity contribution in [2.75, 3.05) is 20.1 Å². The fourth-order valence-corrected chi connectivity index (χ4v) is 3.32. The second kappa shape index (κ2) is 8.17. The summed E-state index contributed by atoms with van der Waals surface area (Å²) < 4.78 is 0. The summed E-state index contributed by atoms with van der Waals surface area (Å²) >= 11 is 0. The molecule has 0 saturated carbocycles. The highest BCUT2D eigenvalue weighted by molar-refractivity contribution is 5.84. The van der Waals surface area contributed by atoms with Gasteiger partial charge in [0.25, 0.3) is 0 Å². The van der Waals surface area contributed by atoms with Crippen LogP contribution in [0.3, 0.4) is 0 Å². The highest BCUT2D eigenvalue weighted by Crippen LogP contribution is 2.16. The normalized spacial score (nSPS) is 17.8. The Bertz CT molecular complexity index is 796. The molecule has 3 rings (SSSR count). The number of carbonyl (C=O) groups is 1. The molecule has 1 atom stereocenters. The van der Waals surface area contributed by atoms with Crippen LogP contribution in [0.15, 0.2) is 41.5 Å². The molecule has 1 aliphatic rings. The number of nitrogens with one attached hydrogen (secondary N) is 2. The van der Waals surface area contributed by atoms with E-state index in [9.17, 15) is 4.79 Å². The van der Waals surface area contributed by atoms with Gasteiger partial charge in [0.2, 0.25) is 5.91 Å². The van der Waals surface area contributed by atoms with Gasteiger partial charge < -0.3 is 15.5 Å². The molecular formula is C20H27N5O. The van der Waals surface area contributed by atoms with Crippen LogP contribution in [0.1, 0.15) is 25.8 Å². The number of pyridine rings is 1. The van der Waals surface area contributed by atoms with Gasteiger partial charge in [-0.1, -0.05) is 32.0 Å². The molecule has 6 nitrogen and oxygen atoms in total. The lowest BCUT2D eigenvalue weighted by Gasteiger charge is -2.20. The molecule has 0 radical (unpaired) electrons. The number of amides is 1. The Morgan fingerprint density at radius 3 is 2.92 bits per heavy atom. The number of rotatable bonds is 4. The molecule has 1 unspecified atom stereocenters. The van der Waals surface area contributed by atoms with E-state index in [0.717, 1.165) is 36.4 Å². The average molecular weight is 353 g/mol. The van der Waals surface area contributed by atoms with E-state index in [4.69, 9.17) is 0 Å². The Morgan fingerprint density at radius 1 is 1.35 bits per heavy atom. The minimum Gasteiger partial charge on any atom is -0.352 e.